The maximum atomic E-state index is 4.69. The monoisotopic (exact) mass is 277 g/mol. The highest BCUT2D eigenvalue weighted by Crippen LogP contribution is 2.19. The summed E-state index contributed by atoms with van der Waals surface area (Å²) >= 11 is 0. The van der Waals surface area contributed by atoms with Crippen LogP contribution in [-0.2, 0) is 6.54 Å². The highest BCUT2D eigenvalue weighted by atomic mass is 15.2. The second-order valence-electron chi connectivity index (χ2n) is 7.02. The number of nitrogens with one attached hydrogen (secondary N) is 1. The molecule has 1 N–H and O–H groups in total. The van der Waals surface area contributed by atoms with Crippen molar-refractivity contribution in [1.29, 1.82) is 0 Å². The Balaban J connectivity index is 2.81. The fourth-order valence-electron chi connectivity index (χ4n) is 2.23. The zero-order valence-corrected chi connectivity index (χ0v) is 14.2. The molecule has 0 bridgehead atoms. The Morgan fingerprint density at radius 1 is 1.30 bits per heavy atom. The molecular formula is C17H31N3. The molecule has 0 aliphatic carbocycles. The first-order valence-electron chi connectivity index (χ1n) is 7.68. The van der Waals surface area contributed by atoms with E-state index in [0.29, 0.717) is 5.92 Å². The zero-order chi connectivity index (χ0) is 15.3. The highest BCUT2D eigenvalue weighted by Gasteiger charge is 2.12. The molecule has 3 nitrogen and oxygen atoms in total. The SMILES string of the molecule is CCN(CC(C)C)c1ncc(CNC(C)(C)C)cc1C. The molecule has 0 radical (unpaired) electrons. The first-order valence-corrected chi connectivity index (χ1v) is 7.68. The lowest BCUT2D eigenvalue weighted by Gasteiger charge is -2.26. The number of aromatic nitrogens is 1. The number of rotatable bonds is 6. The molecule has 114 valence electrons. The van der Waals surface area contributed by atoms with Crippen LogP contribution in [0.2, 0.25) is 0 Å². The van der Waals surface area contributed by atoms with E-state index < -0.39 is 0 Å². The minimum atomic E-state index is 0.139. The van der Waals surface area contributed by atoms with Gasteiger partial charge in [-0.05, 0) is 57.7 Å². The predicted molar refractivity (Wildman–Crippen MR) is 88.3 cm³/mol. The van der Waals surface area contributed by atoms with Gasteiger partial charge in [0.1, 0.15) is 5.82 Å². The molecule has 0 fully saturated rings. The molecule has 0 atom stereocenters. The number of anilines is 1. The van der Waals surface area contributed by atoms with Gasteiger partial charge in [0.2, 0.25) is 0 Å². The lowest BCUT2D eigenvalue weighted by molar-refractivity contribution is 0.424. The van der Waals surface area contributed by atoms with Crippen molar-refractivity contribution in [2.45, 2.75) is 60.5 Å². The highest BCUT2D eigenvalue weighted by molar-refractivity contribution is 5.47. The third-order valence-corrected chi connectivity index (χ3v) is 3.20. The molecule has 0 aromatic carbocycles. The molecule has 0 unspecified atom stereocenters. The molecule has 20 heavy (non-hydrogen) atoms. The standard InChI is InChI=1S/C17H31N3/c1-8-20(12-13(2)3)16-14(4)9-15(10-18-16)11-19-17(5,6)7/h9-10,13,19H,8,11-12H2,1-7H3. The van der Waals surface area contributed by atoms with Gasteiger partial charge in [-0.3, -0.25) is 0 Å². The summed E-state index contributed by atoms with van der Waals surface area (Å²) in [7, 11) is 0. The van der Waals surface area contributed by atoms with E-state index in [2.05, 4.69) is 69.7 Å². The molecule has 1 aromatic heterocycles. The first-order chi connectivity index (χ1) is 9.23. The Morgan fingerprint density at radius 3 is 2.40 bits per heavy atom. The molecule has 1 rings (SSSR count). The van der Waals surface area contributed by atoms with Crippen LogP contribution < -0.4 is 10.2 Å². The topological polar surface area (TPSA) is 28.2 Å². The number of aryl methyl sites for hydroxylation is 1. The van der Waals surface area contributed by atoms with Crippen LogP contribution in [0.3, 0.4) is 0 Å². The fraction of sp³-hybridized carbons (Fsp3) is 0.706. The van der Waals surface area contributed by atoms with Crippen molar-refractivity contribution >= 4 is 5.82 Å². The van der Waals surface area contributed by atoms with Crippen LogP contribution in [0.4, 0.5) is 5.82 Å². The van der Waals surface area contributed by atoms with E-state index in [1.165, 1.54) is 11.1 Å². The van der Waals surface area contributed by atoms with E-state index in [1.807, 2.05) is 6.20 Å². The van der Waals surface area contributed by atoms with Crippen molar-refractivity contribution in [1.82, 2.24) is 10.3 Å². The van der Waals surface area contributed by atoms with Gasteiger partial charge < -0.3 is 10.2 Å². The van der Waals surface area contributed by atoms with Crippen molar-refractivity contribution in [2.75, 3.05) is 18.0 Å². The van der Waals surface area contributed by atoms with Gasteiger partial charge >= 0.3 is 0 Å². The number of pyridine rings is 1. The minimum Gasteiger partial charge on any atom is -0.356 e. The maximum absolute atomic E-state index is 4.69. The van der Waals surface area contributed by atoms with Crippen molar-refractivity contribution in [3.63, 3.8) is 0 Å². The third-order valence-electron chi connectivity index (χ3n) is 3.20. The summed E-state index contributed by atoms with van der Waals surface area (Å²) in [6, 6.07) is 2.25. The van der Waals surface area contributed by atoms with Crippen LogP contribution in [0, 0.1) is 12.8 Å². The second-order valence-corrected chi connectivity index (χ2v) is 7.02. The number of hydrogen-bond donors (Lipinski definition) is 1. The van der Waals surface area contributed by atoms with Crippen molar-refractivity contribution < 1.29 is 0 Å². The Morgan fingerprint density at radius 2 is 1.95 bits per heavy atom. The van der Waals surface area contributed by atoms with Crippen molar-refractivity contribution in [3.05, 3.63) is 23.4 Å². The average molecular weight is 277 g/mol. The Hall–Kier alpha value is -1.09. The van der Waals surface area contributed by atoms with E-state index in [9.17, 15) is 0 Å². The number of hydrogen-bond acceptors (Lipinski definition) is 3. The molecule has 3 heteroatoms. The van der Waals surface area contributed by atoms with Gasteiger partial charge in [-0.15, -0.1) is 0 Å². The molecule has 0 saturated carbocycles. The molecular weight excluding hydrogens is 246 g/mol. The molecule has 0 spiro atoms. The quantitative estimate of drug-likeness (QED) is 0.858. The lowest BCUT2D eigenvalue weighted by atomic mass is 10.1. The molecule has 0 aliphatic heterocycles. The van der Waals surface area contributed by atoms with E-state index >= 15 is 0 Å². The fourth-order valence-corrected chi connectivity index (χ4v) is 2.23. The van der Waals surface area contributed by atoms with Gasteiger partial charge in [-0.2, -0.15) is 0 Å². The zero-order valence-electron chi connectivity index (χ0n) is 14.2. The number of nitrogens with zero attached hydrogens (tertiary/aromatic N) is 2. The summed E-state index contributed by atoms with van der Waals surface area (Å²) in [6.07, 6.45) is 2.00. The summed E-state index contributed by atoms with van der Waals surface area (Å²) in [5.74, 6) is 1.78. The Kier molecular flexibility index (Phi) is 6.00. The van der Waals surface area contributed by atoms with Crippen LogP contribution >= 0.6 is 0 Å². The Labute approximate surface area is 124 Å². The summed E-state index contributed by atoms with van der Waals surface area (Å²) in [4.78, 5) is 7.05. The summed E-state index contributed by atoms with van der Waals surface area (Å²) in [6.45, 7) is 18.3. The first kappa shape index (κ1) is 17.0. The Bertz CT molecular complexity index is 419. The largest absolute Gasteiger partial charge is 0.356 e. The van der Waals surface area contributed by atoms with Crippen LogP contribution in [0.1, 0.15) is 52.7 Å². The predicted octanol–water partition coefficient (Wildman–Crippen LogP) is 3.76. The van der Waals surface area contributed by atoms with Crippen LogP contribution in [0.25, 0.3) is 0 Å². The van der Waals surface area contributed by atoms with Crippen molar-refractivity contribution in [3.8, 4) is 0 Å². The van der Waals surface area contributed by atoms with Gasteiger partial charge in [0, 0.05) is 31.4 Å². The lowest BCUT2D eigenvalue weighted by Crippen LogP contribution is -2.35. The summed E-state index contributed by atoms with van der Waals surface area (Å²) in [5.41, 5.74) is 2.65. The van der Waals surface area contributed by atoms with E-state index in [4.69, 9.17) is 0 Å². The van der Waals surface area contributed by atoms with Crippen LogP contribution in [0.15, 0.2) is 12.3 Å². The van der Waals surface area contributed by atoms with E-state index in [-0.39, 0.29) is 5.54 Å². The van der Waals surface area contributed by atoms with Gasteiger partial charge in [0.25, 0.3) is 0 Å². The van der Waals surface area contributed by atoms with Gasteiger partial charge in [-0.25, -0.2) is 4.98 Å². The molecule has 1 aromatic rings. The molecule has 0 saturated heterocycles. The molecule has 1 heterocycles. The summed E-state index contributed by atoms with van der Waals surface area (Å²) in [5, 5.41) is 3.51. The normalized spacial score (nSPS) is 12.0. The third kappa shape index (κ3) is 5.49. The van der Waals surface area contributed by atoms with Gasteiger partial charge in [0.05, 0.1) is 0 Å². The average Bonchev–Trinajstić information content (AvgIpc) is 2.33. The smallest absolute Gasteiger partial charge is 0.131 e. The van der Waals surface area contributed by atoms with E-state index in [1.54, 1.807) is 0 Å². The maximum Gasteiger partial charge on any atom is 0.131 e. The molecule has 0 amide bonds. The van der Waals surface area contributed by atoms with Gasteiger partial charge in [-0.1, -0.05) is 13.8 Å². The second kappa shape index (κ2) is 7.07. The van der Waals surface area contributed by atoms with Gasteiger partial charge in [0.15, 0.2) is 0 Å². The van der Waals surface area contributed by atoms with Crippen LogP contribution in [-0.4, -0.2) is 23.6 Å². The molecule has 0 aliphatic rings. The van der Waals surface area contributed by atoms with E-state index in [0.717, 1.165) is 25.5 Å². The summed E-state index contributed by atoms with van der Waals surface area (Å²) < 4.78 is 0. The minimum absolute atomic E-state index is 0.139. The van der Waals surface area contributed by atoms with Crippen molar-refractivity contribution in [2.24, 2.45) is 5.92 Å². The van der Waals surface area contributed by atoms with Crippen LogP contribution in [0.5, 0.6) is 0 Å².